The van der Waals surface area contributed by atoms with Crippen LogP contribution in [0.15, 0.2) is 12.1 Å². The molecule has 0 spiro atoms. The predicted molar refractivity (Wildman–Crippen MR) is 70.5 cm³/mol. The highest BCUT2D eigenvalue weighted by Gasteiger charge is 2.42. The molecule has 4 nitrogen and oxygen atoms in total. The number of aromatic carboxylic acids is 1. The maximum absolute atomic E-state index is 13.6. The minimum atomic E-state index is -1.37. The molecule has 1 aromatic rings. The molecule has 2 rings (SSSR count). The van der Waals surface area contributed by atoms with Crippen molar-refractivity contribution < 1.29 is 24.2 Å². The van der Waals surface area contributed by atoms with E-state index in [4.69, 9.17) is 5.11 Å². The summed E-state index contributed by atoms with van der Waals surface area (Å²) in [6.45, 7) is 1.63. The predicted octanol–water partition coefficient (Wildman–Crippen LogP) is 3.12. The zero-order valence-electron chi connectivity index (χ0n) is 11.3. The van der Waals surface area contributed by atoms with Gasteiger partial charge in [-0.05, 0) is 43.0 Å². The number of halogens is 1. The molecule has 0 unspecified atom stereocenters. The second kappa shape index (κ2) is 5.23. The van der Waals surface area contributed by atoms with Gasteiger partial charge in [0, 0.05) is 0 Å². The van der Waals surface area contributed by atoms with Crippen molar-refractivity contribution in [3.05, 3.63) is 34.6 Å². The highest BCUT2D eigenvalue weighted by atomic mass is 19.1. The number of hydrogen-bond donors (Lipinski definition) is 2. The van der Waals surface area contributed by atoms with Crippen LogP contribution in [-0.4, -0.2) is 22.2 Å². The van der Waals surface area contributed by atoms with E-state index < -0.39 is 28.7 Å². The third-order valence-electron chi connectivity index (χ3n) is 4.18. The normalized spacial score (nSPS) is 17.7. The summed E-state index contributed by atoms with van der Waals surface area (Å²) in [5.41, 5.74) is -0.614. The van der Waals surface area contributed by atoms with E-state index in [-0.39, 0.29) is 0 Å². The monoisotopic (exact) mass is 280 g/mol. The number of aryl methyl sites for hydroxylation is 1. The molecule has 20 heavy (non-hydrogen) atoms. The van der Waals surface area contributed by atoms with Crippen LogP contribution in [0, 0.1) is 12.7 Å². The van der Waals surface area contributed by atoms with Gasteiger partial charge in [-0.15, -0.1) is 0 Å². The first kappa shape index (κ1) is 14.5. The molecule has 1 aliphatic rings. The largest absolute Gasteiger partial charge is 0.481 e. The van der Waals surface area contributed by atoms with Crippen LogP contribution in [0.3, 0.4) is 0 Å². The fraction of sp³-hybridized carbons (Fsp3) is 0.467. The second-order valence-corrected chi connectivity index (χ2v) is 5.40. The average molecular weight is 280 g/mol. The number of rotatable bonds is 3. The summed E-state index contributed by atoms with van der Waals surface area (Å²) in [6.07, 6.45) is 3.47. The number of hydrogen-bond acceptors (Lipinski definition) is 2. The lowest BCUT2D eigenvalue weighted by Crippen LogP contribution is -2.38. The summed E-state index contributed by atoms with van der Waals surface area (Å²) in [5.74, 6) is -3.15. The molecular formula is C15H17FO4. The van der Waals surface area contributed by atoms with Gasteiger partial charge in [0.2, 0.25) is 0 Å². The number of benzene rings is 1. The quantitative estimate of drug-likeness (QED) is 0.892. The Morgan fingerprint density at radius 2 is 1.75 bits per heavy atom. The van der Waals surface area contributed by atoms with Gasteiger partial charge in [-0.3, -0.25) is 4.79 Å². The van der Waals surface area contributed by atoms with Gasteiger partial charge >= 0.3 is 11.9 Å². The summed E-state index contributed by atoms with van der Waals surface area (Å²) in [4.78, 5) is 22.8. The number of carbonyl (C=O) groups is 2. The fourth-order valence-electron chi connectivity index (χ4n) is 3.11. The van der Waals surface area contributed by atoms with Crippen LogP contribution in [-0.2, 0) is 10.2 Å². The lowest BCUT2D eigenvalue weighted by molar-refractivity contribution is -0.145. The van der Waals surface area contributed by atoms with Crippen molar-refractivity contribution in [1.82, 2.24) is 0 Å². The van der Waals surface area contributed by atoms with Crippen molar-refractivity contribution in [2.24, 2.45) is 0 Å². The topological polar surface area (TPSA) is 74.6 Å². The van der Waals surface area contributed by atoms with Gasteiger partial charge in [0.05, 0.1) is 11.0 Å². The van der Waals surface area contributed by atoms with Crippen molar-refractivity contribution in [1.29, 1.82) is 0 Å². The minimum absolute atomic E-state index is 0.434. The molecule has 108 valence electrons. The van der Waals surface area contributed by atoms with Crippen molar-refractivity contribution in [3.8, 4) is 0 Å². The Balaban J connectivity index is 2.62. The maximum atomic E-state index is 13.6. The van der Waals surface area contributed by atoms with Crippen LogP contribution in [0.5, 0.6) is 0 Å². The fourth-order valence-corrected chi connectivity index (χ4v) is 3.11. The third kappa shape index (κ3) is 2.28. The lowest BCUT2D eigenvalue weighted by atomic mass is 9.68. The molecule has 1 fully saturated rings. The van der Waals surface area contributed by atoms with Crippen molar-refractivity contribution in [2.45, 2.75) is 44.4 Å². The van der Waals surface area contributed by atoms with Gasteiger partial charge in [0.25, 0.3) is 0 Å². The molecule has 0 amide bonds. The molecule has 0 bridgehead atoms. The standard InChI is InChI=1S/C15H17FO4/c1-9-7-12(16)10(13(17)18)8-11(9)15(14(19)20)5-3-2-4-6-15/h7-8H,2-6H2,1H3,(H,17,18)(H,19,20). The van der Waals surface area contributed by atoms with Crippen molar-refractivity contribution in [3.63, 3.8) is 0 Å². The van der Waals surface area contributed by atoms with Gasteiger partial charge in [-0.25, -0.2) is 9.18 Å². The van der Waals surface area contributed by atoms with E-state index in [0.717, 1.165) is 25.3 Å². The molecule has 0 radical (unpaired) electrons. The first-order valence-corrected chi connectivity index (χ1v) is 6.66. The van der Waals surface area contributed by atoms with Gasteiger partial charge < -0.3 is 10.2 Å². The molecule has 5 heteroatoms. The summed E-state index contributed by atoms with van der Waals surface area (Å²) in [6, 6.07) is 2.32. The van der Waals surface area contributed by atoms with Crippen molar-refractivity contribution >= 4 is 11.9 Å². The highest BCUT2D eigenvalue weighted by molar-refractivity contribution is 5.90. The first-order valence-electron chi connectivity index (χ1n) is 6.66. The van der Waals surface area contributed by atoms with E-state index in [1.807, 2.05) is 0 Å². The van der Waals surface area contributed by atoms with E-state index in [2.05, 4.69) is 0 Å². The maximum Gasteiger partial charge on any atom is 0.338 e. The SMILES string of the molecule is Cc1cc(F)c(C(=O)O)cc1C1(C(=O)O)CCCCC1. The Labute approximate surface area is 116 Å². The van der Waals surface area contributed by atoms with E-state index in [0.29, 0.717) is 24.0 Å². The van der Waals surface area contributed by atoms with E-state index in [9.17, 15) is 19.1 Å². The van der Waals surface area contributed by atoms with Gasteiger partial charge in [-0.1, -0.05) is 19.3 Å². The molecule has 0 atom stereocenters. The summed E-state index contributed by atoms with van der Waals surface area (Å²) >= 11 is 0. The molecule has 1 saturated carbocycles. The lowest BCUT2D eigenvalue weighted by Gasteiger charge is -2.35. The average Bonchev–Trinajstić information content (AvgIpc) is 2.38. The molecule has 2 N–H and O–H groups in total. The Morgan fingerprint density at radius 1 is 1.15 bits per heavy atom. The molecule has 0 saturated heterocycles. The van der Waals surface area contributed by atoms with Gasteiger partial charge in [0.1, 0.15) is 5.82 Å². The Kier molecular flexibility index (Phi) is 3.79. The first-order chi connectivity index (χ1) is 9.38. The highest BCUT2D eigenvalue weighted by Crippen LogP contribution is 2.41. The van der Waals surface area contributed by atoms with E-state index >= 15 is 0 Å². The number of carboxylic acid groups (broad SMARTS) is 2. The van der Waals surface area contributed by atoms with E-state index in [1.165, 1.54) is 6.07 Å². The smallest absolute Gasteiger partial charge is 0.338 e. The van der Waals surface area contributed by atoms with Crippen LogP contribution in [0.2, 0.25) is 0 Å². The van der Waals surface area contributed by atoms with Crippen LogP contribution >= 0.6 is 0 Å². The second-order valence-electron chi connectivity index (χ2n) is 5.40. The summed E-state index contributed by atoms with van der Waals surface area (Å²) in [7, 11) is 0. The molecule has 1 aliphatic carbocycles. The van der Waals surface area contributed by atoms with E-state index in [1.54, 1.807) is 6.92 Å². The molecule has 0 aromatic heterocycles. The number of aliphatic carboxylic acids is 1. The number of carboxylic acids is 2. The molecule has 1 aromatic carbocycles. The Hall–Kier alpha value is -1.91. The molecular weight excluding hydrogens is 263 g/mol. The van der Waals surface area contributed by atoms with Crippen LogP contribution in [0.25, 0.3) is 0 Å². The van der Waals surface area contributed by atoms with Crippen LogP contribution in [0.1, 0.15) is 53.6 Å². The van der Waals surface area contributed by atoms with Crippen LogP contribution in [0.4, 0.5) is 4.39 Å². The summed E-state index contributed by atoms with van der Waals surface area (Å²) in [5, 5.41) is 18.6. The van der Waals surface area contributed by atoms with Crippen molar-refractivity contribution in [2.75, 3.05) is 0 Å². The molecule has 0 heterocycles. The Bertz CT molecular complexity index is 559. The van der Waals surface area contributed by atoms with Gasteiger partial charge in [0.15, 0.2) is 0 Å². The van der Waals surface area contributed by atoms with Gasteiger partial charge in [-0.2, -0.15) is 0 Å². The zero-order valence-corrected chi connectivity index (χ0v) is 11.3. The van der Waals surface area contributed by atoms with Crippen LogP contribution < -0.4 is 0 Å². The third-order valence-corrected chi connectivity index (χ3v) is 4.18. The zero-order chi connectivity index (χ0) is 14.9. The summed E-state index contributed by atoms with van der Waals surface area (Å²) < 4.78 is 13.6. The Morgan fingerprint density at radius 3 is 2.25 bits per heavy atom. The molecule has 0 aliphatic heterocycles. The minimum Gasteiger partial charge on any atom is -0.481 e.